The van der Waals surface area contributed by atoms with Crippen LogP contribution in [0.3, 0.4) is 0 Å². The summed E-state index contributed by atoms with van der Waals surface area (Å²) in [4.78, 5) is 0.138. The van der Waals surface area contributed by atoms with Crippen molar-refractivity contribution >= 4 is 9.84 Å². The summed E-state index contributed by atoms with van der Waals surface area (Å²) in [6.45, 7) is 0. The summed E-state index contributed by atoms with van der Waals surface area (Å²) in [6.07, 6.45) is 1.51. The zero-order chi connectivity index (χ0) is 11.1. The Labute approximate surface area is 88.6 Å². The van der Waals surface area contributed by atoms with Gasteiger partial charge in [-0.1, -0.05) is 6.07 Å². The van der Waals surface area contributed by atoms with Gasteiger partial charge in [0.2, 0.25) is 0 Å². The Kier molecular flexibility index (Phi) is 2.24. The summed E-state index contributed by atoms with van der Waals surface area (Å²) in [5.41, 5.74) is 5.23. The molecule has 1 aliphatic rings. The second kappa shape index (κ2) is 3.21. The van der Waals surface area contributed by atoms with Crippen LogP contribution in [0.4, 0.5) is 0 Å². The second-order valence-electron chi connectivity index (χ2n) is 4.12. The fourth-order valence-electron chi connectivity index (χ4n) is 1.44. The molecule has 1 aromatic rings. The van der Waals surface area contributed by atoms with Gasteiger partial charge in [-0.05, 0) is 31.0 Å². The van der Waals surface area contributed by atoms with Crippen molar-refractivity contribution < 1.29 is 13.5 Å². The van der Waals surface area contributed by atoms with E-state index in [1.807, 2.05) is 0 Å². The van der Waals surface area contributed by atoms with Crippen molar-refractivity contribution in [2.75, 3.05) is 5.75 Å². The first-order valence-electron chi connectivity index (χ1n) is 4.72. The number of rotatable bonds is 3. The topological polar surface area (TPSA) is 80.4 Å². The second-order valence-corrected chi connectivity index (χ2v) is 6.11. The molecule has 1 saturated carbocycles. The first-order chi connectivity index (χ1) is 6.91. The number of aromatic hydroxyl groups is 1. The number of hydrogen-bond donors (Lipinski definition) is 2. The van der Waals surface area contributed by atoms with E-state index in [2.05, 4.69) is 0 Å². The van der Waals surface area contributed by atoms with Gasteiger partial charge in [0, 0.05) is 5.54 Å². The zero-order valence-electron chi connectivity index (χ0n) is 8.18. The molecule has 82 valence electrons. The molecule has 0 aliphatic heterocycles. The van der Waals surface area contributed by atoms with E-state index in [9.17, 15) is 13.5 Å². The van der Waals surface area contributed by atoms with Crippen molar-refractivity contribution in [1.82, 2.24) is 0 Å². The molecule has 5 heteroatoms. The molecule has 15 heavy (non-hydrogen) atoms. The minimum atomic E-state index is -3.36. The van der Waals surface area contributed by atoms with Gasteiger partial charge in [-0.25, -0.2) is 8.42 Å². The van der Waals surface area contributed by atoms with Crippen molar-refractivity contribution in [3.63, 3.8) is 0 Å². The molecular weight excluding hydrogens is 214 g/mol. The first-order valence-corrected chi connectivity index (χ1v) is 6.37. The standard InChI is InChI=1S/C10H13NO3S/c11-10(4-5-10)7-15(13,14)9-3-1-2-8(12)6-9/h1-3,6,12H,4-5,7,11H2. The highest BCUT2D eigenvalue weighted by molar-refractivity contribution is 7.91. The van der Waals surface area contributed by atoms with Crippen molar-refractivity contribution in [3.8, 4) is 5.75 Å². The van der Waals surface area contributed by atoms with Crippen molar-refractivity contribution in [2.45, 2.75) is 23.3 Å². The van der Waals surface area contributed by atoms with E-state index in [0.717, 1.165) is 12.8 Å². The number of phenols is 1. The molecule has 0 bridgehead atoms. The van der Waals surface area contributed by atoms with Crippen LogP contribution in [0.25, 0.3) is 0 Å². The molecule has 0 heterocycles. The monoisotopic (exact) mass is 227 g/mol. The average Bonchev–Trinajstić information content (AvgIpc) is 2.82. The van der Waals surface area contributed by atoms with Crippen LogP contribution in [-0.2, 0) is 9.84 Å². The maximum Gasteiger partial charge on any atom is 0.180 e. The minimum absolute atomic E-state index is 0.0382. The largest absolute Gasteiger partial charge is 0.508 e. The highest BCUT2D eigenvalue weighted by Gasteiger charge is 2.42. The molecule has 0 saturated heterocycles. The lowest BCUT2D eigenvalue weighted by Crippen LogP contribution is -2.31. The third-order valence-corrected chi connectivity index (χ3v) is 4.47. The molecule has 2 rings (SSSR count). The van der Waals surface area contributed by atoms with E-state index in [4.69, 9.17) is 5.73 Å². The van der Waals surface area contributed by atoms with E-state index in [1.54, 1.807) is 0 Å². The van der Waals surface area contributed by atoms with E-state index >= 15 is 0 Å². The SMILES string of the molecule is NC1(CS(=O)(=O)c2cccc(O)c2)CC1. The van der Waals surface area contributed by atoms with Crippen LogP contribution in [0.5, 0.6) is 5.75 Å². The third-order valence-electron chi connectivity index (χ3n) is 2.55. The molecule has 1 aromatic carbocycles. The van der Waals surface area contributed by atoms with E-state index < -0.39 is 15.4 Å². The number of nitrogens with two attached hydrogens (primary N) is 1. The highest BCUT2D eigenvalue weighted by atomic mass is 32.2. The normalized spacial score (nSPS) is 18.7. The van der Waals surface area contributed by atoms with Gasteiger partial charge in [-0.3, -0.25) is 0 Å². The van der Waals surface area contributed by atoms with Crippen LogP contribution >= 0.6 is 0 Å². The molecular formula is C10H13NO3S. The predicted octanol–water partition coefficient (Wildman–Crippen LogP) is 0.657. The maximum absolute atomic E-state index is 11.8. The lowest BCUT2D eigenvalue weighted by molar-refractivity contribution is 0.473. The Morgan fingerprint density at radius 1 is 1.40 bits per heavy atom. The Hall–Kier alpha value is -1.07. The molecule has 1 aliphatic carbocycles. The lowest BCUT2D eigenvalue weighted by Gasteiger charge is -2.09. The van der Waals surface area contributed by atoms with Crippen LogP contribution in [0, 0.1) is 0 Å². The molecule has 0 aromatic heterocycles. The fraction of sp³-hybridized carbons (Fsp3) is 0.400. The Bertz CT molecular complexity index is 477. The lowest BCUT2D eigenvalue weighted by atomic mass is 10.3. The Morgan fingerprint density at radius 2 is 2.07 bits per heavy atom. The summed E-state index contributed by atoms with van der Waals surface area (Å²) < 4.78 is 23.7. The van der Waals surface area contributed by atoms with Gasteiger partial charge in [0.15, 0.2) is 9.84 Å². The maximum atomic E-state index is 11.8. The van der Waals surface area contributed by atoms with E-state index in [0.29, 0.717) is 0 Å². The van der Waals surface area contributed by atoms with Crippen LogP contribution in [0.15, 0.2) is 29.2 Å². The molecule has 4 nitrogen and oxygen atoms in total. The van der Waals surface area contributed by atoms with Crippen molar-refractivity contribution in [1.29, 1.82) is 0 Å². The third kappa shape index (κ3) is 2.30. The quantitative estimate of drug-likeness (QED) is 0.794. The number of hydrogen-bond acceptors (Lipinski definition) is 4. The molecule has 0 amide bonds. The number of phenolic OH excluding ortho intramolecular Hbond substituents is 1. The smallest absolute Gasteiger partial charge is 0.180 e. The summed E-state index contributed by atoms with van der Waals surface area (Å²) in [5, 5.41) is 9.19. The summed E-state index contributed by atoms with van der Waals surface area (Å²) >= 11 is 0. The van der Waals surface area contributed by atoms with Crippen LogP contribution in [0.1, 0.15) is 12.8 Å². The van der Waals surface area contributed by atoms with Gasteiger partial charge in [0.25, 0.3) is 0 Å². The number of benzene rings is 1. The van der Waals surface area contributed by atoms with Gasteiger partial charge < -0.3 is 10.8 Å². The van der Waals surface area contributed by atoms with E-state index in [1.165, 1.54) is 24.3 Å². The van der Waals surface area contributed by atoms with Gasteiger partial charge >= 0.3 is 0 Å². The zero-order valence-corrected chi connectivity index (χ0v) is 9.00. The predicted molar refractivity (Wildman–Crippen MR) is 56.3 cm³/mol. The average molecular weight is 227 g/mol. The molecule has 0 radical (unpaired) electrons. The van der Waals surface area contributed by atoms with Crippen LogP contribution in [0.2, 0.25) is 0 Å². The highest BCUT2D eigenvalue weighted by Crippen LogP contribution is 2.35. The first kappa shape index (κ1) is 10.4. The molecule has 0 atom stereocenters. The summed E-state index contributed by atoms with van der Waals surface area (Å²) in [5.74, 6) is -0.0818. The van der Waals surface area contributed by atoms with E-state index in [-0.39, 0.29) is 16.4 Å². The fourth-order valence-corrected chi connectivity index (χ4v) is 3.24. The molecule has 3 N–H and O–H groups in total. The van der Waals surface area contributed by atoms with Gasteiger partial charge in [0.1, 0.15) is 5.75 Å². The molecule has 1 fully saturated rings. The molecule has 0 unspecified atom stereocenters. The minimum Gasteiger partial charge on any atom is -0.508 e. The Morgan fingerprint density at radius 3 is 2.60 bits per heavy atom. The van der Waals surface area contributed by atoms with Crippen LogP contribution in [-0.4, -0.2) is 24.8 Å². The van der Waals surface area contributed by atoms with Gasteiger partial charge in [0.05, 0.1) is 10.6 Å². The molecule has 0 spiro atoms. The van der Waals surface area contributed by atoms with Crippen LogP contribution < -0.4 is 5.73 Å². The van der Waals surface area contributed by atoms with Gasteiger partial charge in [-0.2, -0.15) is 0 Å². The van der Waals surface area contributed by atoms with Gasteiger partial charge in [-0.15, -0.1) is 0 Å². The Balaban J connectivity index is 2.29. The summed E-state index contributed by atoms with van der Waals surface area (Å²) in [6, 6.07) is 5.68. The number of sulfone groups is 1. The summed E-state index contributed by atoms with van der Waals surface area (Å²) in [7, 11) is -3.36. The van der Waals surface area contributed by atoms with Crippen molar-refractivity contribution in [2.24, 2.45) is 5.73 Å². The van der Waals surface area contributed by atoms with Crippen molar-refractivity contribution in [3.05, 3.63) is 24.3 Å².